The van der Waals surface area contributed by atoms with E-state index >= 15 is 0 Å². The molecule has 0 aliphatic carbocycles. The second kappa shape index (κ2) is 10.7. The molecule has 0 aliphatic rings. The fourth-order valence-electron chi connectivity index (χ4n) is 3.28. The van der Waals surface area contributed by atoms with Crippen molar-refractivity contribution in [2.75, 3.05) is 0 Å². The molecule has 160 valence electrons. The second-order valence-electron chi connectivity index (χ2n) is 7.14. The average molecular weight is 442 g/mol. The molecule has 31 heavy (non-hydrogen) atoms. The molecule has 4 aromatic rings. The Bertz CT molecular complexity index is 1070. The summed E-state index contributed by atoms with van der Waals surface area (Å²) in [6, 6.07) is 22.9. The largest absolute Gasteiger partial charge is 0.287 e. The molecule has 0 saturated carbocycles. The smallest absolute Gasteiger partial charge is 0.165 e. The zero-order valence-electron chi connectivity index (χ0n) is 16.7. The lowest BCUT2D eigenvalue weighted by molar-refractivity contribution is 0.236. The van der Waals surface area contributed by atoms with Crippen LogP contribution in [0.3, 0.4) is 0 Å². The number of hydrogen-bond donors (Lipinski definition) is 0. The third-order valence-electron chi connectivity index (χ3n) is 4.79. The maximum absolute atomic E-state index is 13.3. The van der Waals surface area contributed by atoms with E-state index in [1.54, 1.807) is 28.9 Å². The van der Waals surface area contributed by atoms with Crippen molar-refractivity contribution < 1.29 is 8.78 Å². The molecule has 0 aliphatic heterocycles. The van der Waals surface area contributed by atoms with Gasteiger partial charge in [0.1, 0.15) is 11.6 Å². The van der Waals surface area contributed by atoms with Gasteiger partial charge in [-0.1, -0.05) is 54.6 Å². The maximum atomic E-state index is 13.3. The van der Waals surface area contributed by atoms with Crippen LogP contribution >= 0.6 is 12.4 Å². The van der Waals surface area contributed by atoms with Gasteiger partial charge in [-0.25, -0.2) is 13.5 Å². The van der Waals surface area contributed by atoms with Crippen molar-refractivity contribution >= 4 is 12.4 Å². The van der Waals surface area contributed by atoms with Crippen LogP contribution in [0.5, 0.6) is 0 Å². The Hall–Kier alpha value is -3.16. The minimum absolute atomic E-state index is 0. The van der Waals surface area contributed by atoms with E-state index < -0.39 is 0 Å². The van der Waals surface area contributed by atoms with Gasteiger partial charge in [0.2, 0.25) is 0 Å². The predicted octanol–water partition coefficient (Wildman–Crippen LogP) is 4.62. The molecule has 1 aromatic heterocycles. The molecule has 3 aromatic carbocycles. The van der Waals surface area contributed by atoms with Gasteiger partial charge < -0.3 is 0 Å². The number of hydrogen-bond acceptors (Lipinski definition) is 4. The van der Waals surface area contributed by atoms with Gasteiger partial charge in [-0.15, -0.1) is 17.5 Å². The van der Waals surface area contributed by atoms with Crippen LogP contribution in [0.2, 0.25) is 0 Å². The Morgan fingerprint density at radius 3 is 1.84 bits per heavy atom. The summed E-state index contributed by atoms with van der Waals surface area (Å²) < 4.78 is 28.2. The van der Waals surface area contributed by atoms with Gasteiger partial charge in [0, 0.05) is 13.1 Å². The van der Waals surface area contributed by atoms with Crippen molar-refractivity contribution in [2.24, 2.45) is 0 Å². The molecule has 0 bridgehead atoms. The third-order valence-corrected chi connectivity index (χ3v) is 4.79. The zero-order valence-corrected chi connectivity index (χ0v) is 17.6. The number of rotatable bonds is 8. The molecule has 5 nitrogen and oxygen atoms in total. The SMILES string of the molecule is Cl.Fc1ccc(CN(Cc2ccccc2)Cc2nnnn2Cc2ccc(F)cc2)cc1. The molecule has 1 heterocycles. The first-order valence-corrected chi connectivity index (χ1v) is 9.66. The van der Waals surface area contributed by atoms with Gasteiger partial charge in [0.25, 0.3) is 0 Å². The Morgan fingerprint density at radius 1 is 0.677 bits per heavy atom. The first-order chi connectivity index (χ1) is 14.7. The summed E-state index contributed by atoms with van der Waals surface area (Å²) in [5, 5.41) is 12.1. The van der Waals surface area contributed by atoms with Crippen LogP contribution in [0.4, 0.5) is 8.78 Å². The van der Waals surface area contributed by atoms with Gasteiger partial charge >= 0.3 is 0 Å². The first-order valence-electron chi connectivity index (χ1n) is 9.66. The van der Waals surface area contributed by atoms with Crippen LogP contribution in [0.15, 0.2) is 78.9 Å². The minimum Gasteiger partial charge on any atom is -0.287 e. The second-order valence-corrected chi connectivity index (χ2v) is 7.14. The van der Waals surface area contributed by atoms with Crippen molar-refractivity contribution in [2.45, 2.75) is 26.2 Å². The molecule has 0 spiro atoms. The van der Waals surface area contributed by atoms with Crippen LogP contribution in [0.25, 0.3) is 0 Å². The fraction of sp³-hybridized carbons (Fsp3) is 0.174. The standard InChI is InChI=1S/C23H21F2N5.ClH/c24-21-10-6-19(7-11-21)15-29(14-18-4-2-1-3-5-18)17-23-26-27-28-30(23)16-20-8-12-22(25)13-9-20;/h1-13H,14-17H2;1H. The molecule has 0 atom stereocenters. The van der Waals surface area contributed by atoms with Gasteiger partial charge in [-0.05, 0) is 51.4 Å². The van der Waals surface area contributed by atoms with Crippen LogP contribution in [-0.2, 0) is 26.2 Å². The first kappa shape index (κ1) is 22.5. The summed E-state index contributed by atoms with van der Waals surface area (Å²) in [6.07, 6.45) is 0. The highest BCUT2D eigenvalue weighted by atomic mass is 35.5. The van der Waals surface area contributed by atoms with Gasteiger partial charge in [-0.3, -0.25) is 4.90 Å². The van der Waals surface area contributed by atoms with E-state index in [1.807, 2.05) is 18.2 Å². The van der Waals surface area contributed by atoms with Crippen LogP contribution in [0.1, 0.15) is 22.5 Å². The Kier molecular flexibility index (Phi) is 7.81. The highest BCUT2D eigenvalue weighted by Gasteiger charge is 2.14. The lowest BCUT2D eigenvalue weighted by Crippen LogP contribution is -2.25. The van der Waals surface area contributed by atoms with E-state index in [0.717, 1.165) is 16.7 Å². The summed E-state index contributed by atoms with van der Waals surface area (Å²) in [4.78, 5) is 2.20. The van der Waals surface area contributed by atoms with Crippen molar-refractivity contribution in [3.63, 3.8) is 0 Å². The molecule has 0 fully saturated rings. The zero-order chi connectivity index (χ0) is 20.8. The van der Waals surface area contributed by atoms with E-state index in [1.165, 1.54) is 24.3 Å². The molecule has 8 heteroatoms. The lowest BCUT2D eigenvalue weighted by Gasteiger charge is -2.22. The quantitative estimate of drug-likeness (QED) is 0.400. The summed E-state index contributed by atoms with van der Waals surface area (Å²) >= 11 is 0. The van der Waals surface area contributed by atoms with Crippen molar-refractivity contribution in [3.05, 3.63) is 113 Å². The highest BCUT2D eigenvalue weighted by molar-refractivity contribution is 5.85. The highest BCUT2D eigenvalue weighted by Crippen LogP contribution is 2.14. The number of aromatic nitrogens is 4. The minimum atomic E-state index is -0.274. The number of benzene rings is 3. The Balaban J connectivity index is 0.00000272. The number of tetrazole rings is 1. The van der Waals surface area contributed by atoms with Gasteiger partial charge in [0.15, 0.2) is 5.82 Å². The Morgan fingerprint density at radius 2 is 1.23 bits per heavy atom. The molecular weight excluding hydrogens is 420 g/mol. The molecule has 4 rings (SSSR count). The molecule has 0 saturated heterocycles. The van der Waals surface area contributed by atoms with E-state index in [2.05, 4.69) is 32.6 Å². The lowest BCUT2D eigenvalue weighted by atomic mass is 10.1. The number of nitrogens with zero attached hydrogens (tertiary/aromatic N) is 5. The summed E-state index contributed by atoms with van der Waals surface area (Å²) in [5.74, 6) is 0.179. The van der Waals surface area contributed by atoms with E-state index in [4.69, 9.17) is 0 Å². The fourth-order valence-corrected chi connectivity index (χ4v) is 3.28. The van der Waals surface area contributed by atoms with Crippen molar-refractivity contribution in [3.8, 4) is 0 Å². The normalized spacial score (nSPS) is 10.8. The van der Waals surface area contributed by atoms with Crippen LogP contribution in [0, 0.1) is 11.6 Å². The topological polar surface area (TPSA) is 46.8 Å². The van der Waals surface area contributed by atoms with Crippen molar-refractivity contribution in [1.29, 1.82) is 0 Å². The maximum Gasteiger partial charge on any atom is 0.165 e. The van der Waals surface area contributed by atoms with Crippen molar-refractivity contribution in [1.82, 2.24) is 25.1 Å². The van der Waals surface area contributed by atoms with Gasteiger partial charge in [0.05, 0.1) is 13.1 Å². The van der Waals surface area contributed by atoms with E-state index in [9.17, 15) is 8.78 Å². The summed E-state index contributed by atoms with van der Waals surface area (Å²) in [7, 11) is 0. The molecule has 0 amide bonds. The average Bonchev–Trinajstić information content (AvgIpc) is 3.18. The molecule has 0 unspecified atom stereocenters. The monoisotopic (exact) mass is 441 g/mol. The molecule has 0 radical (unpaired) electrons. The van der Waals surface area contributed by atoms with Crippen LogP contribution in [-0.4, -0.2) is 25.1 Å². The predicted molar refractivity (Wildman–Crippen MR) is 116 cm³/mol. The van der Waals surface area contributed by atoms with E-state index in [0.29, 0.717) is 32.0 Å². The van der Waals surface area contributed by atoms with Gasteiger partial charge in [-0.2, -0.15) is 0 Å². The number of halogens is 3. The summed E-state index contributed by atoms with van der Waals surface area (Å²) in [6.45, 7) is 2.29. The Labute approximate surface area is 185 Å². The molecular formula is C23H22ClF2N5. The third kappa shape index (κ3) is 6.41. The summed E-state index contributed by atoms with van der Waals surface area (Å²) in [5.41, 5.74) is 3.08. The van der Waals surface area contributed by atoms with E-state index in [-0.39, 0.29) is 24.0 Å². The molecule has 0 N–H and O–H groups in total. The van der Waals surface area contributed by atoms with Crippen LogP contribution < -0.4 is 0 Å².